The first-order valence-electron chi connectivity index (χ1n) is 10.1. The first-order chi connectivity index (χ1) is 14.5. The zero-order chi connectivity index (χ0) is 21.3. The van der Waals surface area contributed by atoms with Crippen molar-refractivity contribution in [2.24, 2.45) is 0 Å². The van der Waals surface area contributed by atoms with Crippen molar-refractivity contribution < 1.29 is 14.3 Å². The Bertz CT molecular complexity index is 1070. The molecule has 0 aliphatic carbocycles. The van der Waals surface area contributed by atoms with Gasteiger partial charge in [-0.3, -0.25) is 0 Å². The number of benzene rings is 1. The normalized spacial score (nSPS) is 14.3. The molecular weight excluding hydrogens is 400 g/mol. The van der Waals surface area contributed by atoms with Crippen LogP contribution >= 0.6 is 11.3 Å². The number of hydrogen-bond donors (Lipinski definition) is 0. The Kier molecular flexibility index (Phi) is 5.76. The molecule has 0 saturated carbocycles. The van der Waals surface area contributed by atoms with E-state index in [0.717, 1.165) is 59.2 Å². The van der Waals surface area contributed by atoms with Crippen molar-refractivity contribution in [3.8, 4) is 5.75 Å². The molecule has 3 heterocycles. The molecule has 0 N–H and O–H groups in total. The van der Waals surface area contributed by atoms with Crippen LogP contribution in [0.4, 0.5) is 11.5 Å². The molecule has 7 nitrogen and oxygen atoms in total. The summed E-state index contributed by atoms with van der Waals surface area (Å²) in [6.07, 6.45) is 0. The Labute approximate surface area is 180 Å². The highest BCUT2D eigenvalue weighted by molar-refractivity contribution is 7.20. The zero-order valence-corrected chi connectivity index (χ0v) is 18.6. The maximum Gasteiger partial charge on any atom is 0.348 e. The minimum absolute atomic E-state index is 0.288. The lowest BCUT2D eigenvalue weighted by Gasteiger charge is -2.37. The number of anilines is 2. The van der Waals surface area contributed by atoms with Gasteiger partial charge >= 0.3 is 5.97 Å². The summed E-state index contributed by atoms with van der Waals surface area (Å²) in [6, 6.07) is 8.15. The highest BCUT2D eigenvalue weighted by Gasteiger charge is 2.25. The van der Waals surface area contributed by atoms with Crippen LogP contribution in [0, 0.1) is 13.8 Å². The van der Waals surface area contributed by atoms with Crippen molar-refractivity contribution in [1.82, 2.24) is 9.97 Å². The lowest BCUT2D eigenvalue weighted by Crippen LogP contribution is -2.47. The summed E-state index contributed by atoms with van der Waals surface area (Å²) in [7, 11) is 1.69. The van der Waals surface area contributed by atoms with Gasteiger partial charge in [0.25, 0.3) is 0 Å². The van der Waals surface area contributed by atoms with E-state index < -0.39 is 0 Å². The summed E-state index contributed by atoms with van der Waals surface area (Å²) in [5.41, 5.74) is 2.06. The molecule has 0 spiro atoms. The second-order valence-corrected chi connectivity index (χ2v) is 8.23. The molecule has 158 valence electrons. The molecule has 0 radical (unpaired) electrons. The molecule has 0 atom stereocenters. The van der Waals surface area contributed by atoms with E-state index in [1.54, 1.807) is 7.11 Å². The molecule has 0 unspecified atom stereocenters. The van der Waals surface area contributed by atoms with E-state index in [-0.39, 0.29) is 5.97 Å². The van der Waals surface area contributed by atoms with Crippen LogP contribution in [0.5, 0.6) is 5.75 Å². The third kappa shape index (κ3) is 3.79. The molecule has 1 aliphatic heterocycles. The number of aromatic nitrogens is 2. The van der Waals surface area contributed by atoms with E-state index in [4.69, 9.17) is 14.5 Å². The van der Waals surface area contributed by atoms with Gasteiger partial charge in [-0.1, -0.05) is 6.07 Å². The Morgan fingerprint density at radius 2 is 1.87 bits per heavy atom. The number of ether oxygens (including phenoxy) is 2. The van der Waals surface area contributed by atoms with Crippen LogP contribution in [0.3, 0.4) is 0 Å². The Balaban J connectivity index is 1.61. The molecule has 1 fully saturated rings. The number of esters is 1. The second kappa shape index (κ2) is 8.47. The van der Waals surface area contributed by atoms with Crippen LogP contribution in [-0.2, 0) is 4.74 Å². The fourth-order valence-corrected chi connectivity index (χ4v) is 4.94. The van der Waals surface area contributed by atoms with Gasteiger partial charge in [-0.05, 0) is 38.5 Å². The summed E-state index contributed by atoms with van der Waals surface area (Å²) in [5, 5.41) is 0.962. The SMILES string of the molecule is CCOC(=O)c1sc2nc(C)nc(N3CCN(c4cccc(OC)c4)CC3)c2c1C. The van der Waals surface area contributed by atoms with Crippen LogP contribution in [-0.4, -0.2) is 55.8 Å². The van der Waals surface area contributed by atoms with Crippen LogP contribution in [0.2, 0.25) is 0 Å². The number of piperazine rings is 1. The molecule has 4 rings (SSSR count). The van der Waals surface area contributed by atoms with E-state index in [9.17, 15) is 4.79 Å². The number of rotatable bonds is 5. The van der Waals surface area contributed by atoms with Crippen molar-refractivity contribution in [2.45, 2.75) is 20.8 Å². The Morgan fingerprint density at radius 1 is 1.13 bits per heavy atom. The monoisotopic (exact) mass is 426 g/mol. The topological polar surface area (TPSA) is 67.8 Å². The molecular formula is C22H26N4O3S. The minimum atomic E-state index is -0.288. The maximum absolute atomic E-state index is 12.4. The van der Waals surface area contributed by atoms with Crippen LogP contribution < -0.4 is 14.5 Å². The average Bonchev–Trinajstić information content (AvgIpc) is 3.09. The summed E-state index contributed by atoms with van der Waals surface area (Å²) in [6.45, 7) is 9.47. The molecule has 2 aromatic heterocycles. The largest absolute Gasteiger partial charge is 0.497 e. The minimum Gasteiger partial charge on any atom is -0.497 e. The van der Waals surface area contributed by atoms with Crippen molar-refractivity contribution >= 4 is 39.0 Å². The predicted molar refractivity (Wildman–Crippen MR) is 120 cm³/mol. The lowest BCUT2D eigenvalue weighted by molar-refractivity contribution is 0.0531. The van der Waals surface area contributed by atoms with Gasteiger partial charge in [0, 0.05) is 37.9 Å². The standard InChI is InChI=1S/C22H26N4O3S/c1-5-29-22(27)19-14(2)18-20(23-15(3)24-21(18)30-19)26-11-9-25(10-12-26)16-7-6-8-17(13-16)28-4/h6-8,13H,5,9-12H2,1-4H3. The molecule has 1 saturated heterocycles. The number of hydrogen-bond acceptors (Lipinski definition) is 8. The van der Waals surface area contributed by atoms with Gasteiger partial charge in [0.2, 0.25) is 0 Å². The number of nitrogens with zero attached hydrogens (tertiary/aromatic N) is 4. The van der Waals surface area contributed by atoms with Gasteiger partial charge in [0.15, 0.2) is 0 Å². The zero-order valence-electron chi connectivity index (χ0n) is 17.8. The lowest BCUT2D eigenvalue weighted by atomic mass is 10.1. The third-order valence-corrected chi connectivity index (χ3v) is 6.51. The summed E-state index contributed by atoms with van der Waals surface area (Å²) >= 11 is 1.39. The maximum atomic E-state index is 12.4. The fraction of sp³-hybridized carbons (Fsp3) is 0.409. The molecule has 1 aliphatic rings. The van der Waals surface area contributed by atoms with E-state index in [0.29, 0.717) is 17.3 Å². The van der Waals surface area contributed by atoms with E-state index >= 15 is 0 Å². The number of carbonyl (C=O) groups excluding carboxylic acids is 1. The Hall–Kier alpha value is -2.87. The van der Waals surface area contributed by atoms with E-state index in [2.05, 4.69) is 26.9 Å². The quantitative estimate of drug-likeness (QED) is 0.575. The predicted octanol–water partition coefficient (Wildman–Crippen LogP) is 3.82. The molecule has 0 bridgehead atoms. The highest BCUT2D eigenvalue weighted by atomic mass is 32.1. The smallest absolute Gasteiger partial charge is 0.348 e. The van der Waals surface area contributed by atoms with Crippen molar-refractivity contribution in [3.05, 3.63) is 40.5 Å². The van der Waals surface area contributed by atoms with Gasteiger partial charge in [-0.25, -0.2) is 14.8 Å². The number of thiophene rings is 1. The van der Waals surface area contributed by atoms with Crippen molar-refractivity contribution in [1.29, 1.82) is 0 Å². The van der Waals surface area contributed by atoms with Crippen LogP contribution in [0.25, 0.3) is 10.2 Å². The highest BCUT2D eigenvalue weighted by Crippen LogP contribution is 2.36. The number of carbonyl (C=O) groups is 1. The van der Waals surface area contributed by atoms with Gasteiger partial charge < -0.3 is 19.3 Å². The van der Waals surface area contributed by atoms with Gasteiger partial charge in [0.1, 0.15) is 27.1 Å². The van der Waals surface area contributed by atoms with Gasteiger partial charge in [-0.2, -0.15) is 0 Å². The summed E-state index contributed by atoms with van der Waals surface area (Å²) in [5.74, 6) is 2.20. The molecule has 30 heavy (non-hydrogen) atoms. The molecule has 1 aromatic carbocycles. The van der Waals surface area contributed by atoms with E-state index in [1.165, 1.54) is 11.3 Å². The molecule has 8 heteroatoms. The van der Waals surface area contributed by atoms with Crippen molar-refractivity contribution in [2.75, 3.05) is 49.7 Å². The number of aryl methyl sites for hydroxylation is 2. The first-order valence-corrected chi connectivity index (χ1v) is 10.9. The molecule has 0 amide bonds. The second-order valence-electron chi connectivity index (χ2n) is 7.23. The average molecular weight is 427 g/mol. The van der Waals surface area contributed by atoms with Crippen LogP contribution in [0.1, 0.15) is 28.0 Å². The van der Waals surface area contributed by atoms with Crippen LogP contribution in [0.15, 0.2) is 24.3 Å². The van der Waals surface area contributed by atoms with Gasteiger partial charge in [-0.15, -0.1) is 11.3 Å². The Morgan fingerprint density at radius 3 is 2.57 bits per heavy atom. The summed E-state index contributed by atoms with van der Waals surface area (Å²) < 4.78 is 10.6. The van der Waals surface area contributed by atoms with Crippen molar-refractivity contribution in [3.63, 3.8) is 0 Å². The molecule has 3 aromatic rings. The number of methoxy groups -OCH3 is 1. The van der Waals surface area contributed by atoms with E-state index in [1.807, 2.05) is 32.9 Å². The third-order valence-electron chi connectivity index (χ3n) is 5.34. The number of fused-ring (bicyclic) bond motifs is 1. The fourth-order valence-electron chi connectivity index (χ4n) is 3.83. The van der Waals surface area contributed by atoms with Gasteiger partial charge in [0.05, 0.1) is 19.1 Å². The summed E-state index contributed by atoms with van der Waals surface area (Å²) in [4.78, 5) is 27.8. The first kappa shape index (κ1) is 20.4.